The van der Waals surface area contributed by atoms with Gasteiger partial charge in [-0.05, 0) is 39.5 Å². The zero-order valence-electron chi connectivity index (χ0n) is 13.0. The maximum absolute atomic E-state index is 6.14. The number of rotatable bonds is 4. The van der Waals surface area contributed by atoms with Crippen molar-refractivity contribution in [2.75, 3.05) is 19.6 Å². The number of nitrogens with zero attached hydrogens (tertiary/aromatic N) is 1. The SMILES string of the molecule is CC(C)N1CCC(CN)(NC2CCCCCC2)CC1. The fourth-order valence-corrected chi connectivity index (χ4v) is 3.73. The molecule has 19 heavy (non-hydrogen) atoms. The summed E-state index contributed by atoms with van der Waals surface area (Å²) in [7, 11) is 0. The third kappa shape index (κ3) is 4.17. The quantitative estimate of drug-likeness (QED) is 0.769. The average Bonchev–Trinajstić information content (AvgIpc) is 2.68. The Morgan fingerprint density at radius 1 is 1.11 bits per heavy atom. The van der Waals surface area contributed by atoms with Crippen molar-refractivity contribution in [3.63, 3.8) is 0 Å². The van der Waals surface area contributed by atoms with Crippen molar-refractivity contribution in [2.45, 2.75) is 82.8 Å². The Labute approximate surface area is 119 Å². The zero-order valence-corrected chi connectivity index (χ0v) is 13.0. The van der Waals surface area contributed by atoms with Crippen molar-refractivity contribution in [3.05, 3.63) is 0 Å². The van der Waals surface area contributed by atoms with E-state index in [2.05, 4.69) is 24.1 Å². The second kappa shape index (κ2) is 7.05. The largest absolute Gasteiger partial charge is 0.329 e. The fourth-order valence-electron chi connectivity index (χ4n) is 3.73. The Bertz CT molecular complexity index is 249. The van der Waals surface area contributed by atoms with Crippen molar-refractivity contribution < 1.29 is 0 Å². The molecule has 0 unspecified atom stereocenters. The molecule has 0 aromatic carbocycles. The Kier molecular flexibility index (Phi) is 5.67. The predicted octanol–water partition coefficient (Wildman–Crippen LogP) is 2.50. The first-order valence-corrected chi connectivity index (χ1v) is 8.37. The molecular weight excluding hydrogens is 234 g/mol. The van der Waals surface area contributed by atoms with E-state index >= 15 is 0 Å². The monoisotopic (exact) mass is 267 g/mol. The molecule has 0 amide bonds. The minimum Gasteiger partial charge on any atom is -0.329 e. The van der Waals surface area contributed by atoms with E-state index in [-0.39, 0.29) is 5.54 Å². The molecule has 0 aromatic heterocycles. The van der Waals surface area contributed by atoms with Crippen LogP contribution in [0.5, 0.6) is 0 Å². The minimum atomic E-state index is 0.223. The highest BCUT2D eigenvalue weighted by Gasteiger charge is 2.35. The van der Waals surface area contributed by atoms with E-state index in [0.29, 0.717) is 6.04 Å². The van der Waals surface area contributed by atoms with Crippen LogP contribution in [0, 0.1) is 0 Å². The molecule has 2 rings (SSSR count). The van der Waals surface area contributed by atoms with Crippen LogP contribution in [0.4, 0.5) is 0 Å². The molecule has 3 nitrogen and oxygen atoms in total. The Morgan fingerprint density at radius 2 is 1.68 bits per heavy atom. The molecule has 0 spiro atoms. The topological polar surface area (TPSA) is 41.3 Å². The second-order valence-electron chi connectivity index (χ2n) is 6.95. The van der Waals surface area contributed by atoms with Gasteiger partial charge in [-0.15, -0.1) is 0 Å². The molecule has 2 fully saturated rings. The molecule has 112 valence electrons. The van der Waals surface area contributed by atoms with Gasteiger partial charge in [0.1, 0.15) is 0 Å². The molecule has 3 N–H and O–H groups in total. The van der Waals surface area contributed by atoms with Crippen LogP contribution in [0.25, 0.3) is 0 Å². The predicted molar refractivity (Wildman–Crippen MR) is 82.4 cm³/mol. The van der Waals surface area contributed by atoms with Crippen LogP contribution in [-0.2, 0) is 0 Å². The van der Waals surface area contributed by atoms with Crippen molar-refractivity contribution in [1.29, 1.82) is 0 Å². The summed E-state index contributed by atoms with van der Waals surface area (Å²) in [6, 6.07) is 1.39. The number of likely N-dealkylation sites (tertiary alicyclic amines) is 1. The van der Waals surface area contributed by atoms with E-state index in [1.54, 1.807) is 0 Å². The normalized spacial score (nSPS) is 26.5. The third-order valence-corrected chi connectivity index (χ3v) is 5.24. The highest BCUT2D eigenvalue weighted by atomic mass is 15.2. The van der Waals surface area contributed by atoms with Gasteiger partial charge in [0.05, 0.1) is 0 Å². The average molecular weight is 267 g/mol. The van der Waals surface area contributed by atoms with Crippen molar-refractivity contribution in [1.82, 2.24) is 10.2 Å². The van der Waals surface area contributed by atoms with Crippen LogP contribution < -0.4 is 11.1 Å². The molecular formula is C16H33N3. The smallest absolute Gasteiger partial charge is 0.0330 e. The number of hydrogen-bond acceptors (Lipinski definition) is 3. The number of nitrogens with one attached hydrogen (secondary N) is 1. The number of hydrogen-bond donors (Lipinski definition) is 2. The van der Waals surface area contributed by atoms with Crippen molar-refractivity contribution in [3.8, 4) is 0 Å². The Hall–Kier alpha value is -0.120. The van der Waals surface area contributed by atoms with E-state index in [9.17, 15) is 0 Å². The lowest BCUT2D eigenvalue weighted by Gasteiger charge is -2.45. The van der Waals surface area contributed by atoms with Gasteiger partial charge in [-0.1, -0.05) is 25.7 Å². The minimum absolute atomic E-state index is 0.223. The highest BCUT2D eigenvalue weighted by Crippen LogP contribution is 2.26. The van der Waals surface area contributed by atoms with Gasteiger partial charge in [0.15, 0.2) is 0 Å². The summed E-state index contributed by atoms with van der Waals surface area (Å²) in [6.45, 7) is 7.81. The molecule has 1 aliphatic heterocycles. The lowest BCUT2D eigenvalue weighted by atomic mass is 9.85. The molecule has 1 aliphatic carbocycles. The van der Waals surface area contributed by atoms with E-state index in [1.807, 2.05) is 0 Å². The number of piperidine rings is 1. The summed E-state index contributed by atoms with van der Waals surface area (Å²) in [4.78, 5) is 2.59. The standard InChI is InChI=1S/C16H33N3/c1-14(2)19-11-9-16(13-17,10-12-19)18-15-7-5-3-4-6-8-15/h14-15,18H,3-13,17H2,1-2H3. The first kappa shape index (κ1) is 15.3. The first-order chi connectivity index (χ1) is 9.15. The molecule has 3 heteroatoms. The lowest BCUT2D eigenvalue weighted by Crippen LogP contribution is -2.60. The van der Waals surface area contributed by atoms with E-state index in [0.717, 1.165) is 12.6 Å². The van der Waals surface area contributed by atoms with E-state index in [4.69, 9.17) is 5.73 Å². The van der Waals surface area contributed by atoms with Gasteiger partial charge in [-0.25, -0.2) is 0 Å². The second-order valence-corrected chi connectivity index (χ2v) is 6.95. The number of nitrogens with two attached hydrogens (primary N) is 1. The Morgan fingerprint density at radius 3 is 2.16 bits per heavy atom. The van der Waals surface area contributed by atoms with Gasteiger partial charge >= 0.3 is 0 Å². The summed E-state index contributed by atoms with van der Waals surface area (Å²) in [5.41, 5.74) is 6.36. The molecule has 0 bridgehead atoms. The molecule has 1 heterocycles. The van der Waals surface area contributed by atoms with E-state index in [1.165, 1.54) is 64.5 Å². The molecule has 0 atom stereocenters. The summed E-state index contributed by atoms with van der Waals surface area (Å²) in [5.74, 6) is 0. The third-order valence-electron chi connectivity index (χ3n) is 5.24. The maximum Gasteiger partial charge on any atom is 0.0330 e. The van der Waals surface area contributed by atoms with Crippen LogP contribution in [0.2, 0.25) is 0 Å². The Balaban J connectivity index is 1.88. The van der Waals surface area contributed by atoms with Gasteiger partial charge in [0, 0.05) is 37.3 Å². The fraction of sp³-hybridized carbons (Fsp3) is 1.00. The van der Waals surface area contributed by atoms with Crippen LogP contribution in [0.3, 0.4) is 0 Å². The molecule has 2 aliphatic rings. The summed E-state index contributed by atoms with van der Waals surface area (Å²) in [6.07, 6.45) is 10.8. The van der Waals surface area contributed by atoms with Crippen molar-refractivity contribution >= 4 is 0 Å². The lowest BCUT2D eigenvalue weighted by molar-refractivity contribution is 0.104. The van der Waals surface area contributed by atoms with Crippen molar-refractivity contribution in [2.24, 2.45) is 5.73 Å². The summed E-state index contributed by atoms with van der Waals surface area (Å²) >= 11 is 0. The molecule has 1 saturated carbocycles. The van der Waals surface area contributed by atoms with Gasteiger partial charge in [0.25, 0.3) is 0 Å². The van der Waals surface area contributed by atoms with Gasteiger partial charge < -0.3 is 16.0 Å². The highest BCUT2D eigenvalue weighted by molar-refractivity contribution is 4.97. The first-order valence-electron chi connectivity index (χ1n) is 8.37. The molecule has 0 radical (unpaired) electrons. The van der Waals surface area contributed by atoms with Crippen LogP contribution >= 0.6 is 0 Å². The van der Waals surface area contributed by atoms with E-state index < -0.39 is 0 Å². The van der Waals surface area contributed by atoms with Gasteiger partial charge in [-0.3, -0.25) is 0 Å². The molecule has 0 aromatic rings. The van der Waals surface area contributed by atoms with Gasteiger partial charge in [-0.2, -0.15) is 0 Å². The zero-order chi connectivity index (χ0) is 13.7. The summed E-state index contributed by atoms with van der Waals surface area (Å²) in [5, 5.41) is 3.97. The van der Waals surface area contributed by atoms with Crippen LogP contribution in [0.15, 0.2) is 0 Å². The van der Waals surface area contributed by atoms with Crippen LogP contribution in [-0.4, -0.2) is 42.2 Å². The summed E-state index contributed by atoms with van der Waals surface area (Å²) < 4.78 is 0. The van der Waals surface area contributed by atoms with Crippen LogP contribution in [0.1, 0.15) is 65.2 Å². The van der Waals surface area contributed by atoms with Gasteiger partial charge in [0.2, 0.25) is 0 Å². The maximum atomic E-state index is 6.14. The molecule has 1 saturated heterocycles.